The van der Waals surface area contributed by atoms with Crippen LogP contribution in [-0.4, -0.2) is 24.1 Å². The van der Waals surface area contributed by atoms with Crippen molar-refractivity contribution in [3.8, 4) is 11.3 Å². The Bertz CT molecular complexity index is 968. The normalized spacial score (nSPS) is 13.4. The Morgan fingerprint density at radius 2 is 1.61 bits per heavy atom. The summed E-state index contributed by atoms with van der Waals surface area (Å²) < 4.78 is 0.967. The highest BCUT2D eigenvalue weighted by Crippen LogP contribution is 2.25. The smallest absolute Gasteiger partial charge is 0.323 e. The number of amides is 2. The molecule has 2 heterocycles. The molecule has 1 fully saturated rings. The Morgan fingerprint density at radius 1 is 0.893 bits per heavy atom. The van der Waals surface area contributed by atoms with Crippen molar-refractivity contribution in [3.05, 3.63) is 71.2 Å². The lowest BCUT2D eigenvalue weighted by Gasteiger charge is -2.17. The first-order chi connectivity index (χ1) is 13.7. The van der Waals surface area contributed by atoms with E-state index >= 15 is 0 Å². The Labute approximate surface area is 172 Å². The number of nitrogens with zero attached hydrogens (tertiary/aromatic N) is 2. The molecule has 142 valence electrons. The van der Waals surface area contributed by atoms with E-state index < -0.39 is 0 Å². The van der Waals surface area contributed by atoms with Gasteiger partial charge in [0, 0.05) is 34.5 Å². The van der Waals surface area contributed by atoms with Gasteiger partial charge in [-0.3, -0.25) is 0 Å². The Kier molecular flexibility index (Phi) is 5.58. The summed E-state index contributed by atoms with van der Waals surface area (Å²) in [5, 5.41) is 5.71. The molecule has 1 saturated heterocycles. The molecule has 0 spiro atoms. The largest absolute Gasteiger partial charge is 0.357 e. The van der Waals surface area contributed by atoms with Crippen molar-refractivity contribution in [2.24, 2.45) is 0 Å². The Morgan fingerprint density at radius 3 is 2.39 bits per heavy atom. The molecule has 5 nitrogen and oxygen atoms in total. The van der Waals surface area contributed by atoms with Crippen LogP contribution >= 0.6 is 15.9 Å². The van der Waals surface area contributed by atoms with E-state index in [1.807, 2.05) is 60.7 Å². The van der Waals surface area contributed by atoms with Crippen molar-refractivity contribution in [2.75, 3.05) is 28.6 Å². The highest BCUT2D eigenvalue weighted by molar-refractivity contribution is 9.10. The quantitative estimate of drug-likeness (QED) is 0.546. The number of anilines is 3. The monoisotopic (exact) mass is 436 g/mol. The topological polar surface area (TPSA) is 57.3 Å². The second kappa shape index (κ2) is 8.44. The summed E-state index contributed by atoms with van der Waals surface area (Å²) in [5.74, 6) is 1.02. The van der Waals surface area contributed by atoms with Gasteiger partial charge in [0.15, 0.2) is 0 Å². The van der Waals surface area contributed by atoms with E-state index in [0.29, 0.717) is 0 Å². The summed E-state index contributed by atoms with van der Waals surface area (Å²) in [6.07, 6.45) is 2.44. The van der Waals surface area contributed by atoms with E-state index in [1.54, 1.807) is 0 Å². The summed E-state index contributed by atoms with van der Waals surface area (Å²) in [4.78, 5) is 19.4. The minimum Gasteiger partial charge on any atom is -0.357 e. The van der Waals surface area contributed by atoms with Crippen LogP contribution in [-0.2, 0) is 0 Å². The first-order valence-corrected chi connectivity index (χ1v) is 10.1. The Hall–Kier alpha value is -2.86. The molecule has 3 aromatic rings. The second-order valence-electron chi connectivity index (χ2n) is 6.74. The van der Waals surface area contributed by atoms with Gasteiger partial charge in [0.1, 0.15) is 5.82 Å². The SMILES string of the molecule is O=C(Nc1ccc(Br)cc1)Nc1cccc(-c2cccc(N3CCCC3)n2)c1. The fourth-order valence-corrected chi connectivity index (χ4v) is 3.55. The van der Waals surface area contributed by atoms with Crippen LogP contribution < -0.4 is 15.5 Å². The number of rotatable bonds is 4. The number of hydrogen-bond acceptors (Lipinski definition) is 3. The zero-order valence-electron chi connectivity index (χ0n) is 15.4. The number of nitrogens with one attached hydrogen (secondary N) is 2. The molecule has 0 unspecified atom stereocenters. The van der Waals surface area contributed by atoms with Crippen molar-refractivity contribution in [1.29, 1.82) is 0 Å². The van der Waals surface area contributed by atoms with E-state index in [4.69, 9.17) is 4.98 Å². The summed E-state index contributed by atoms with van der Waals surface area (Å²) >= 11 is 3.38. The number of carbonyl (C=O) groups is 1. The molecule has 0 saturated carbocycles. The molecule has 0 atom stereocenters. The fourth-order valence-electron chi connectivity index (χ4n) is 3.29. The van der Waals surface area contributed by atoms with Gasteiger partial charge < -0.3 is 15.5 Å². The predicted molar refractivity (Wildman–Crippen MR) is 118 cm³/mol. The minimum absolute atomic E-state index is 0.279. The molecular weight excluding hydrogens is 416 g/mol. The molecule has 1 aliphatic heterocycles. The molecule has 1 aromatic heterocycles. The van der Waals surface area contributed by atoms with Gasteiger partial charge in [-0.2, -0.15) is 0 Å². The lowest BCUT2D eigenvalue weighted by atomic mass is 10.1. The molecule has 1 aliphatic rings. The zero-order valence-corrected chi connectivity index (χ0v) is 16.9. The van der Waals surface area contributed by atoms with Gasteiger partial charge in [-0.15, -0.1) is 0 Å². The van der Waals surface area contributed by atoms with Crippen molar-refractivity contribution in [1.82, 2.24) is 4.98 Å². The third-order valence-electron chi connectivity index (χ3n) is 4.68. The summed E-state index contributed by atoms with van der Waals surface area (Å²) in [7, 11) is 0. The molecule has 28 heavy (non-hydrogen) atoms. The molecule has 0 bridgehead atoms. The van der Waals surface area contributed by atoms with Crippen molar-refractivity contribution >= 4 is 39.2 Å². The van der Waals surface area contributed by atoms with Gasteiger partial charge in [-0.05, 0) is 61.4 Å². The van der Waals surface area contributed by atoms with Gasteiger partial charge in [-0.25, -0.2) is 9.78 Å². The molecule has 2 amide bonds. The molecular formula is C22H21BrN4O. The number of pyridine rings is 1. The van der Waals surface area contributed by atoms with Gasteiger partial charge in [0.25, 0.3) is 0 Å². The van der Waals surface area contributed by atoms with E-state index in [0.717, 1.165) is 46.0 Å². The first-order valence-electron chi connectivity index (χ1n) is 9.33. The van der Waals surface area contributed by atoms with Crippen LogP contribution in [0, 0.1) is 0 Å². The number of halogens is 1. The van der Waals surface area contributed by atoms with Gasteiger partial charge >= 0.3 is 6.03 Å². The molecule has 0 radical (unpaired) electrons. The predicted octanol–water partition coefficient (Wildman–Crippen LogP) is 5.76. The van der Waals surface area contributed by atoms with Gasteiger partial charge in [0.05, 0.1) is 5.69 Å². The van der Waals surface area contributed by atoms with Gasteiger partial charge in [-0.1, -0.05) is 34.1 Å². The minimum atomic E-state index is -0.279. The second-order valence-corrected chi connectivity index (χ2v) is 7.66. The summed E-state index contributed by atoms with van der Waals surface area (Å²) in [6, 6.07) is 21.0. The first kappa shape index (κ1) is 18.5. The Balaban J connectivity index is 1.47. The molecule has 2 N–H and O–H groups in total. The number of carbonyl (C=O) groups excluding carboxylic acids is 1. The van der Waals surface area contributed by atoms with E-state index in [-0.39, 0.29) is 6.03 Å². The molecule has 4 rings (SSSR count). The third-order valence-corrected chi connectivity index (χ3v) is 5.21. The highest BCUT2D eigenvalue weighted by atomic mass is 79.9. The van der Waals surface area contributed by atoms with Crippen LogP contribution in [0.2, 0.25) is 0 Å². The van der Waals surface area contributed by atoms with Crippen molar-refractivity contribution in [2.45, 2.75) is 12.8 Å². The summed E-state index contributed by atoms with van der Waals surface area (Å²) in [6.45, 7) is 2.13. The fraction of sp³-hybridized carbons (Fsp3) is 0.182. The van der Waals surface area contributed by atoms with Gasteiger partial charge in [0.2, 0.25) is 0 Å². The zero-order chi connectivity index (χ0) is 19.3. The van der Waals surface area contributed by atoms with Crippen LogP contribution in [0.25, 0.3) is 11.3 Å². The third kappa shape index (κ3) is 4.51. The lowest BCUT2D eigenvalue weighted by molar-refractivity contribution is 0.262. The molecule has 6 heteroatoms. The average Bonchev–Trinajstić information content (AvgIpc) is 3.25. The van der Waals surface area contributed by atoms with Crippen LogP contribution in [0.3, 0.4) is 0 Å². The lowest BCUT2D eigenvalue weighted by Crippen LogP contribution is -2.19. The maximum atomic E-state index is 12.3. The van der Waals surface area contributed by atoms with E-state index in [9.17, 15) is 4.79 Å². The van der Waals surface area contributed by atoms with Crippen molar-refractivity contribution in [3.63, 3.8) is 0 Å². The van der Waals surface area contributed by atoms with Crippen LogP contribution in [0.4, 0.5) is 22.0 Å². The average molecular weight is 437 g/mol. The standard InChI is InChI=1S/C22H21BrN4O/c23-17-9-11-18(12-10-17)24-22(28)25-19-6-3-5-16(15-19)20-7-4-8-21(26-20)27-13-1-2-14-27/h3-12,15H,1-2,13-14H2,(H2,24,25,28). The van der Waals surface area contributed by atoms with E-state index in [2.05, 4.69) is 37.5 Å². The highest BCUT2D eigenvalue weighted by Gasteiger charge is 2.14. The number of hydrogen-bond donors (Lipinski definition) is 2. The maximum absolute atomic E-state index is 12.3. The maximum Gasteiger partial charge on any atom is 0.323 e. The van der Waals surface area contributed by atoms with Crippen molar-refractivity contribution < 1.29 is 4.79 Å². The molecule has 0 aliphatic carbocycles. The summed E-state index contributed by atoms with van der Waals surface area (Å²) in [5.41, 5.74) is 3.33. The number of benzene rings is 2. The van der Waals surface area contributed by atoms with Crippen LogP contribution in [0.5, 0.6) is 0 Å². The van der Waals surface area contributed by atoms with Crippen LogP contribution in [0.15, 0.2) is 71.2 Å². The number of aromatic nitrogens is 1. The van der Waals surface area contributed by atoms with E-state index in [1.165, 1.54) is 12.8 Å². The van der Waals surface area contributed by atoms with Crippen LogP contribution in [0.1, 0.15) is 12.8 Å². The number of urea groups is 1. The molecule has 2 aromatic carbocycles.